The molecule has 0 aromatic heterocycles. The molecule has 1 saturated heterocycles. The van der Waals surface area contributed by atoms with E-state index in [0.29, 0.717) is 12.0 Å². The molecule has 1 aliphatic rings. The fraction of sp³-hybridized carbons (Fsp3) is 0.900. The number of carbonyl (C=O) groups is 1. The van der Waals surface area contributed by atoms with Crippen LogP contribution in [-0.2, 0) is 4.79 Å². The average molecular weight is 184 g/mol. The van der Waals surface area contributed by atoms with Crippen molar-refractivity contribution in [2.75, 3.05) is 19.6 Å². The van der Waals surface area contributed by atoms with E-state index in [4.69, 9.17) is 0 Å². The standard InChI is InChI=1S/C10H20N2O/c1-8(2)12(9(3)13)7-10-4-5-11-6-10/h8,10-11H,4-7H2,1-3H3/t10-/m0/s1. The van der Waals surface area contributed by atoms with E-state index < -0.39 is 0 Å². The monoisotopic (exact) mass is 184 g/mol. The SMILES string of the molecule is CC(=O)N(C[C@H]1CCNC1)C(C)C. The Balaban J connectivity index is 2.41. The molecule has 1 fully saturated rings. The van der Waals surface area contributed by atoms with Gasteiger partial charge in [-0.3, -0.25) is 4.79 Å². The molecule has 3 nitrogen and oxygen atoms in total. The molecule has 0 aromatic carbocycles. The fourth-order valence-corrected chi connectivity index (χ4v) is 1.85. The molecule has 1 atom stereocenters. The molecule has 0 radical (unpaired) electrons. The Hall–Kier alpha value is -0.570. The number of nitrogens with zero attached hydrogens (tertiary/aromatic N) is 1. The quantitative estimate of drug-likeness (QED) is 0.705. The third kappa shape index (κ3) is 2.99. The topological polar surface area (TPSA) is 32.3 Å². The first kappa shape index (κ1) is 10.5. The van der Waals surface area contributed by atoms with E-state index in [1.54, 1.807) is 6.92 Å². The van der Waals surface area contributed by atoms with Crippen LogP contribution in [-0.4, -0.2) is 36.5 Å². The number of hydrogen-bond acceptors (Lipinski definition) is 2. The van der Waals surface area contributed by atoms with Gasteiger partial charge in [-0.05, 0) is 39.3 Å². The van der Waals surface area contributed by atoms with Crippen molar-refractivity contribution in [2.45, 2.75) is 33.2 Å². The second-order valence-electron chi connectivity index (χ2n) is 4.12. The van der Waals surface area contributed by atoms with Gasteiger partial charge in [-0.25, -0.2) is 0 Å². The molecule has 1 N–H and O–H groups in total. The maximum Gasteiger partial charge on any atom is 0.219 e. The summed E-state index contributed by atoms with van der Waals surface area (Å²) in [6, 6.07) is 0.332. The summed E-state index contributed by atoms with van der Waals surface area (Å²) < 4.78 is 0. The van der Waals surface area contributed by atoms with Crippen molar-refractivity contribution in [1.29, 1.82) is 0 Å². The number of amides is 1. The van der Waals surface area contributed by atoms with Gasteiger partial charge in [0, 0.05) is 19.5 Å². The smallest absolute Gasteiger partial charge is 0.219 e. The minimum Gasteiger partial charge on any atom is -0.340 e. The molecule has 0 bridgehead atoms. The van der Waals surface area contributed by atoms with E-state index >= 15 is 0 Å². The van der Waals surface area contributed by atoms with Gasteiger partial charge in [0.25, 0.3) is 0 Å². The van der Waals surface area contributed by atoms with Gasteiger partial charge in [0.05, 0.1) is 0 Å². The molecule has 1 amide bonds. The van der Waals surface area contributed by atoms with Crippen LogP contribution < -0.4 is 5.32 Å². The summed E-state index contributed by atoms with van der Waals surface area (Å²) in [6.45, 7) is 8.89. The zero-order valence-electron chi connectivity index (χ0n) is 8.84. The molecule has 1 rings (SSSR count). The third-order valence-corrected chi connectivity index (χ3v) is 2.65. The predicted molar refractivity (Wildman–Crippen MR) is 53.5 cm³/mol. The van der Waals surface area contributed by atoms with Crippen molar-refractivity contribution in [3.05, 3.63) is 0 Å². The van der Waals surface area contributed by atoms with Gasteiger partial charge in [-0.2, -0.15) is 0 Å². The van der Waals surface area contributed by atoms with Crippen molar-refractivity contribution in [2.24, 2.45) is 5.92 Å². The van der Waals surface area contributed by atoms with Crippen LogP contribution in [0.25, 0.3) is 0 Å². The average Bonchev–Trinajstić information content (AvgIpc) is 2.50. The first-order valence-electron chi connectivity index (χ1n) is 5.09. The first-order chi connectivity index (χ1) is 6.11. The van der Waals surface area contributed by atoms with Crippen LogP contribution in [0.3, 0.4) is 0 Å². The molecule has 0 saturated carbocycles. The Morgan fingerprint density at radius 1 is 1.62 bits per heavy atom. The van der Waals surface area contributed by atoms with Crippen LogP contribution in [0.5, 0.6) is 0 Å². The summed E-state index contributed by atoms with van der Waals surface area (Å²) in [6.07, 6.45) is 1.20. The fourth-order valence-electron chi connectivity index (χ4n) is 1.85. The Bertz CT molecular complexity index is 174. The van der Waals surface area contributed by atoms with Gasteiger partial charge in [0.2, 0.25) is 5.91 Å². The van der Waals surface area contributed by atoms with Gasteiger partial charge in [0.15, 0.2) is 0 Å². The minimum atomic E-state index is 0.196. The number of carbonyl (C=O) groups excluding carboxylic acids is 1. The van der Waals surface area contributed by atoms with Crippen molar-refractivity contribution in [3.8, 4) is 0 Å². The Morgan fingerprint density at radius 2 is 2.31 bits per heavy atom. The van der Waals surface area contributed by atoms with Gasteiger partial charge < -0.3 is 10.2 Å². The normalized spacial score (nSPS) is 22.3. The van der Waals surface area contributed by atoms with Gasteiger partial charge in [-0.1, -0.05) is 0 Å². The van der Waals surface area contributed by atoms with Gasteiger partial charge >= 0.3 is 0 Å². The van der Waals surface area contributed by atoms with Gasteiger partial charge in [-0.15, -0.1) is 0 Å². The Kier molecular flexibility index (Phi) is 3.72. The first-order valence-corrected chi connectivity index (χ1v) is 5.09. The lowest BCUT2D eigenvalue weighted by Gasteiger charge is -2.27. The lowest BCUT2D eigenvalue weighted by Crippen LogP contribution is -2.39. The molecule has 1 heterocycles. The van der Waals surface area contributed by atoms with E-state index in [1.807, 2.05) is 4.90 Å². The van der Waals surface area contributed by atoms with Crippen LogP contribution in [0.1, 0.15) is 27.2 Å². The van der Waals surface area contributed by atoms with Crippen LogP contribution >= 0.6 is 0 Å². The summed E-state index contributed by atoms with van der Waals surface area (Å²) in [4.78, 5) is 13.2. The van der Waals surface area contributed by atoms with Crippen molar-refractivity contribution >= 4 is 5.91 Å². The summed E-state index contributed by atoms with van der Waals surface area (Å²) in [7, 11) is 0. The highest BCUT2D eigenvalue weighted by molar-refractivity contribution is 5.73. The van der Waals surface area contributed by atoms with E-state index in [2.05, 4.69) is 19.2 Å². The van der Waals surface area contributed by atoms with Crippen LogP contribution in [0.4, 0.5) is 0 Å². The highest BCUT2D eigenvalue weighted by Crippen LogP contribution is 2.11. The zero-order valence-corrected chi connectivity index (χ0v) is 8.84. The van der Waals surface area contributed by atoms with E-state index in [9.17, 15) is 4.79 Å². The van der Waals surface area contributed by atoms with Crippen molar-refractivity contribution in [3.63, 3.8) is 0 Å². The molecule has 1 aliphatic heterocycles. The van der Waals surface area contributed by atoms with Crippen LogP contribution in [0.15, 0.2) is 0 Å². The zero-order chi connectivity index (χ0) is 9.84. The molecular weight excluding hydrogens is 164 g/mol. The number of rotatable bonds is 3. The van der Waals surface area contributed by atoms with Crippen LogP contribution in [0, 0.1) is 5.92 Å². The molecule has 0 aromatic rings. The van der Waals surface area contributed by atoms with Crippen molar-refractivity contribution < 1.29 is 4.79 Å². The number of nitrogens with one attached hydrogen (secondary N) is 1. The second kappa shape index (κ2) is 4.61. The molecule has 3 heteroatoms. The molecule has 0 aliphatic carbocycles. The largest absolute Gasteiger partial charge is 0.340 e. The van der Waals surface area contributed by atoms with Gasteiger partial charge in [0.1, 0.15) is 0 Å². The highest BCUT2D eigenvalue weighted by atomic mass is 16.2. The number of hydrogen-bond donors (Lipinski definition) is 1. The highest BCUT2D eigenvalue weighted by Gasteiger charge is 2.21. The molecular formula is C10H20N2O. The summed E-state index contributed by atoms with van der Waals surface area (Å²) in [5.74, 6) is 0.855. The summed E-state index contributed by atoms with van der Waals surface area (Å²) >= 11 is 0. The second-order valence-corrected chi connectivity index (χ2v) is 4.12. The van der Waals surface area contributed by atoms with E-state index in [1.165, 1.54) is 6.42 Å². The maximum absolute atomic E-state index is 11.3. The molecule has 76 valence electrons. The molecule has 0 unspecified atom stereocenters. The molecule has 13 heavy (non-hydrogen) atoms. The van der Waals surface area contributed by atoms with E-state index in [0.717, 1.165) is 19.6 Å². The maximum atomic E-state index is 11.3. The Labute approximate surface area is 80.5 Å². The lowest BCUT2D eigenvalue weighted by atomic mass is 10.1. The van der Waals surface area contributed by atoms with E-state index in [-0.39, 0.29) is 5.91 Å². The minimum absolute atomic E-state index is 0.196. The third-order valence-electron chi connectivity index (χ3n) is 2.65. The predicted octanol–water partition coefficient (Wildman–Crippen LogP) is 0.853. The Morgan fingerprint density at radius 3 is 2.69 bits per heavy atom. The van der Waals surface area contributed by atoms with Crippen LogP contribution in [0.2, 0.25) is 0 Å². The molecule has 0 spiro atoms. The summed E-state index contributed by atoms with van der Waals surface area (Å²) in [5.41, 5.74) is 0. The lowest BCUT2D eigenvalue weighted by molar-refractivity contribution is -0.131. The van der Waals surface area contributed by atoms with Crippen molar-refractivity contribution in [1.82, 2.24) is 10.2 Å². The summed E-state index contributed by atoms with van der Waals surface area (Å²) in [5, 5.41) is 3.32.